The molecule has 0 saturated heterocycles. The summed E-state index contributed by atoms with van der Waals surface area (Å²) in [5.41, 5.74) is 6.65. The Morgan fingerprint density at radius 2 is 2.00 bits per heavy atom. The minimum Gasteiger partial charge on any atom is -0.496 e. The first kappa shape index (κ1) is 13.3. The molecule has 3 N–H and O–H groups in total. The molecule has 1 atom stereocenters. The molecule has 0 aliphatic carbocycles. The van der Waals surface area contributed by atoms with Gasteiger partial charge < -0.3 is 15.6 Å². The highest BCUT2D eigenvalue weighted by atomic mass is 35.5. The normalized spacial score (nSPS) is 13.7. The highest BCUT2D eigenvalue weighted by Gasteiger charge is 2.27. The van der Waals surface area contributed by atoms with Crippen molar-refractivity contribution in [2.75, 3.05) is 7.11 Å². The fraction of sp³-hybridized carbons (Fsp3) is 0.500. The van der Waals surface area contributed by atoms with Crippen molar-refractivity contribution in [3.8, 4) is 5.75 Å². The molecule has 0 aliphatic heterocycles. The van der Waals surface area contributed by atoms with Crippen LogP contribution in [0.15, 0.2) is 12.1 Å². The quantitative estimate of drug-likeness (QED) is 0.857. The number of halogens is 1. The predicted octanol–water partition coefficient (Wildman–Crippen LogP) is 2.43. The van der Waals surface area contributed by atoms with Crippen LogP contribution in [-0.2, 0) is 0 Å². The summed E-state index contributed by atoms with van der Waals surface area (Å²) < 4.78 is 5.22. The Kier molecular flexibility index (Phi) is 3.84. The van der Waals surface area contributed by atoms with Crippen molar-refractivity contribution in [1.29, 1.82) is 0 Å². The molecule has 3 nitrogen and oxygen atoms in total. The Balaban J connectivity index is 3.27. The van der Waals surface area contributed by atoms with Crippen LogP contribution in [0, 0.1) is 6.92 Å². The maximum Gasteiger partial charge on any atom is 0.125 e. The molecule has 0 aromatic heterocycles. The zero-order valence-electron chi connectivity index (χ0n) is 10.0. The van der Waals surface area contributed by atoms with Gasteiger partial charge in [-0.3, -0.25) is 0 Å². The van der Waals surface area contributed by atoms with Crippen LogP contribution >= 0.6 is 11.6 Å². The first-order valence-corrected chi connectivity index (χ1v) is 5.46. The third-order valence-electron chi connectivity index (χ3n) is 2.51. The van der Waals surface area contributed by atoms with Crippen molar-refractivity contribution < 1.29 is 9.84 Å². The molecule has 0 aliphatic rings. The Morgan fingerprint density at radius 1 is 1.44 bits per heavy atom. The van der Waals surface area contributed by atoms with Crippen molar-refractivity contribution in [1.82, 2.24) is 0 Å². The van der Waals surface area contributed by atoms with Crippen LogP contribution in [0.1, 0.15) is 31.1 Å². The summed E-state index contributed by atoms with van der Waals surface area (Å²) in [6.07, 6.45) is -0.819. The van der Waals surface area contributed by atoms with Gasteiger partial charge in [0, 0.05) is 16.1 Å². The van der Waals surface area contributed by atoms with E-state index in [2.05, 4.69) is 0 Å². The monoisotopic (exact) mass is 243 g/mol. The van der Waals surface area contributed by atoms with E-state index in [0.717, 1.165) is 5.56 Å². The van der Waals surface area contributed by atoms with Gasteiger partial charge in [0.25, 0.3) is 0 Å². The molecular formula is C12H18ClNO2. The Hall–Kier alpha value is -0.770. The number of hydrogen-bond acceptors (Lipinski definition) is 3. The number of rotatable bonds is 3. The van der Waals surface area contributed by atoms with E-state index in [1.807, 2.05) is 6.92 Å². The fourth-order valence-corrected chi connectivity index (χ4v) is 1.63. The molecule has 1 aromatic carbocycles. The van der Waals surface area contributed by atoms with E-state index in [1.54, 1.807) is 33.1 Å². The lowest BCUT2D eigenvalue weighted by atomic mass is 9.91. The van der Waals surface area contributed by atoms with Crippen molar-refractivity contribution in [2.45, 2.75) is 32.4 Å². The van der Waals surface area contributed by atoms with Crippen molar-refractivity contribution >= 4 is 11.6 Å². The largest absolute Gasteiger partial charge is 0.496 e. The lowest BCUT2D eigenvalue weighted by Crippen LogP contribution is -2.39. The van der Waals surface area contributed by atoms with E-state index in [1.165, 1.54) is 0 Å². The van der Waals surface area contributed by atoms with Crippen LogP contribution in [0.3, 0.4) is 0 Å². The smallest absolute Gasteiger partial charge is 0.125 e. The average Bonchev–Trinajstić information content (AvgIpc) is 2.19. The SMILES string of the molecule is COc1cc(C)c(Cl)cc1C(O)C(C)(C)N. The molecule has 1 aromatic rings. The van der Waals surface area contributed by atoms with Gasteiger partial charge in [0.15, 0.2) is 0 Å². The maximum absolute atomic E-state index is 10.1. The van der Waals surface area contributed by atoms with Gasteiger partial charge in [0.05, 0.1) is 13.2 Å². The number of methoxy groups -OCH3 is 1. The summed E-state index contributed by atoms with van der Waals surface area (Å²) in [5.74, 6) is 0.605. The van der Waals surface area contributed by atoms with Gasteiger partial charge in [-0.25, -0.2) is 0 Å². The van der Waals surface area contributed by atoms with E-state index in [0.29, 0.717) is 16.3 Å². The zero-order valence-corrected chi connectivity index (χ0v) is 10.8. The van der Waals surface area contributed by atoms with Gasteiger partial charge in [-0.15, -0.1) is 0 Å². The van der Waals surface area contributed by atoms with Crippen molar-refractivity contribution in [3.05, 3.63) is 28.3 Å². The van der Waals surface area contributed by atoms with E-state index < -0.39 is 11.6 Å². The van der Waals surface area contributed by atoms with Gasteiger partial charge >= 0.3 is 0 Å². The standard InChI is InChI=1S/C12H18ClNO2/c1-7-5-10(16-4)8(6-9(7)13)11(15)12(2,3)14/h5-6,11,15H,14H2,1-4H3. The van der Waals surface area contributed by atoms with Gasteiger partial charge in [-0.2, -0.15) is 0 Å². The van der Waals surface area contributed by atoms with Crippen LogP contribution < -0.4 is 10.5 Å². The first-order valence-electron chi connectivity index (χ1n) is 5.08. The molecule has 90 valence electrons. The highest BCUT2D eigenvalue weighted by molar-refractivity contribution is 6.31. The van der Waals surface area contributed by atoms with Crippen LogP contribution in [0.25, 0.3) is 0 Å². The summed E-state index contributed by atoms with van der Waals surface area (Å²) >= 11 is 6.03. The summed E-state index contributed by atoms with van der Waals surface area (Å²) in [5, 5.41) is 10.7. The van der Waals surface area contributed by atoms with Gasteiger partial charge in [0.1, 0.15) is 5.75 Å². The first-order chi connectivity index (χ1) is 7.27. The summed E-state index contributed by atoms with van der Waals surface area (Å²) in [4.78, 5) is 0. The lowest BCUT2D eigenvalue weighted by Gasteiger charge is -2.27. The lowest BCUT2D eigenvalue weighted by molar-refractivity contribution is 0.102. The van der Waals surface area contributed by atoms with Crippen LogP contribution in [-0.4, -0.2) is 17.8 Å². The Morgan fingerprint density at radius 3 is 2.44 bits per heavy atom. The number of aliphatic hydroxyl groups excluding tert-OH is 1. The van der Waals surface area contributed by atoms with E-state index in [-0.39, 0.29) is 0 Å². The number of ether oxygens (including phenoxy) is 1. The molecule has 1 unspecified atom stereocenters. The molecule has 0 radical (unpaired) electrons. The third-order valence-corrected chi connectivity index (χ3v) is 2.92. The molecular weight excluding hydrogens is 226 g/mol. The molecule has 0 fully saturated rings. The summed E-state index contributed by atoms with van der Waals surface area (Å²) in [6.45, 7) is 5.39. The third kappa shape index (κ3) is 2.67. The fourth-order valence-electron chi connectivity index (χ4n) is 1.46. The van der Waals surface area contributed by atoms with Crippen molar-refractivity contribution in [2.24, 2.45) is 5.73 Å². The average molecular weight is 244 g/mol. The molecule has 0 saturated carbocycles. The zero-order chi connectivity index (χ0) is 12.5. The van der Waals surface area contributed by atoms with Crippen molar-refractivity contribution in [3.63, 3.8) is 0 Å². The van der Waals surface area contributed by atoms with Crippen LogP contribution in [0.2, 0.25) is 5.02 Å². The number of nitrogens with two attached hydrogens (primary N) is 1. The van der Waals surface area contributed by atoms with Gasteiger partial charge in [-0.05, 0) is 38.5 Å². The molecule has 0 amide bonds. The van der Waals surface area contributed by atoms with Gasteiger partial charge in [0.2, 0.25) is 0 Å². The number of aliphatic hydroxyl groups is 1. The molecule has 16 heavy (non-hydrogen) atoms. The minimum absolute atomic E-state index is 0.596. The van der Waals surface area contributed by atoms with E-state index in [4.69, 9.17) is 22.1 Å². The van der Waals surface area contributed by atoms with Gasteiger partial charge in [-0.1, -0.05) is 11.6 Å². The molecule has 0 bridgehead atoms. The maximum atomic E-state index is 10.1. The second-order valence-corrected chi connectivity index (χ2v) is 4.97. The highest BCUT2D eigenvalue weighted by Crippen LogP contribution is 2.34. The second kappa shape index (κ2) is 4.62. The molecule has 0 spiro atoms. The Bertz CT molecular complexity index is 385. The predicted molar refractivity (Wildman–Crippen MR) is 66.0 cm³/mol. The number of benzene rings is 1. The second-order valence-electron chi connectivity index (χ2n) is 4.57. The summed E-state index contributed by atoms with van der Waals surface area (Å²) in [6, 6.07) is 3.50. The summed E-state index contributed by atoms with van der Waals surface area (Å²) in [7, 11) is 1.56. The number of hydrogen-bond donors (Lipinski definition) is 2. The van der Waals surface area contributed by atoms with Crippen LogP contribution in [0.5, 0.6) is 5.75 Å². The number of aryl methyl sites for hydroxylation is 1. The topological polar surface area (TPSA) is 55.5 Å². The van der Waals surface area contributed by atoms with E-state index >= 15 is 0 Å². The Labute approximate surface area is 101 Å². The molecule has 1 rings (SSSR count). The van der Waals surface area contributed by atoms with Crippen LogP contribution in [0.4, 0.5) is 0 Å². The molecule has 0 heterocycles. The minimum atomic E-state index is -0.819. The van der Waals surface area contributed by atoms with E-state index in [9.17, 15) is 5.11 Å². The molecule has 4 heteroatoms.